The molecule has 2 rings (SSSR count). The smallest absolute Gasteiger partial charge is 0.385 e. The largest absolute Gasteiger partial charge is 0.491 e. The molecular weight excluding hydrogens is 287 g/mol. The van der Waals surface area contributed by atoms with Gasteiger partial charge in [0.2, 0.25) is 0 Å². The minimum Gasteiger partial charge on any atom is -0.385 e. The zero-order valence-corrected chi connectivity index (χ0v) is 10.5. The van der Waals surface area contributed by atoms with E-state index in [-0.39, 0.29) is 6.54 Å². The van der Waals surface area contributed by atoms with Crippen LogP contribution in [0, 0.1) is 11.3 Å². The number of hydrogen-bond donors (Lipinski definition) is 0. The fourth-order valence-corrected chi connectivity index (χ4v) is 1.54. The van der Waals surface area contributed by atoms with Crippen LogP contribution in [0.3, 0.4) is 0 Å². The summed E-state index contributed by atoms with van der Waals surface area (Å²) in [5.74, 6) is -2.32. The first-order valence-electron chi connectivity index (χ1n) is 5.69. The van der Waals surface area contributed by atoms with E-state index in [2.05, 4.69) is 9.72 Å². The van der Waals surface area contributed by atoms with Crippen LogP contribution in [-0.2, 0) is 11.3 Å². The summed E-state index contributed by atoms with van der Waals surface area (Å²) in [6.07, 6.45) is -2.47. The number of esters is 1. The lowest BCUT2D eigenvalue weighted by atomic mass is 10.1. The SMILES string of the molecule is N#Cc1ccc(Cn2ccnc2OC(=O)C(F)(F)F)cc1. The van der Waals surface area contributed by atoms with Crippen molar-refractivity contribution in [3.63, 3.8) is 0 Å². The topological polar surface area (TPSA) is 67.9 Å². The fourth-order valence-electron chi connectivity index (χ4n) is 1.54. The van der Waals surface area contributed by atoms with Crippen LogP contribution in [0.1, 0.15) is 11.1 Å². The van der Waals surface area contributed by atoms with Crippen LogP contribution in [0.15, 0.2) is 36.7 Å². The Kier molecular flexibility index (Phi) is 3.93. The molecule has 0 fully saturated rings. The zero-order chi connectivity index (χ0) is 15.5. The second-order valence-corrected chi connectivity index (χ2v) is 4.03. The lowest BCUT2D eigenvalue weighted by Gasteiger charge is -2.09. The first kappa shape index (κ1) is 14.6. The molecule has 0 amide bonds. The number of rotatable bonds is 3. The van der Waals surface area contributed by atoms with E-state index in [1.54, 1.807) is 24.3 Å². The third kappa shape index (κ3) is 3.60. The van der Waals surface area contributed by atoms with Gasteiger partial charge in [-0.15, -0.1) is 0 Å². The number of hydrogen-bond acceptors (Lipinski definition) is 4. The molecule has 0 saturated carbocycles. The minimum atomic E-state index is -5.08. The molecule has 0 aliphatic carbocycles. The van der Waals surface area contributed by atoms with Gasteiger partial charge in [-0.2, -0.15) is 18.4 Å². The Morgan fingerprint density at radius 1 is 1.33 bits per heavy atom. The van der Waals surface area contributed by atoms with E-state index >= 15 is 0 Å². The summed E-state index contributed by atoms with van der Waals surface area (Å²) in [5, 5.41) is 8.68. The minimum absolute atomic E-state index is 0.159. The number of aromatic nitrogens is 2. The van der Waals surface area contributed by atoms with E-state index in [9.17, 15) is 18.0 Å². The number of carbonyl (C=O) groups is 1. The number of halogens is 3. The third-order valence-corrected chi connectivity index (χ3v) is 2.53. The third-order valence-electron chi connectivity index (χ3n) is 2.53. The fraction of sp³-hybridized carbons (Fsp3) is 0.154. The second-order valence-electron chi connectivity index (χ2n) is 4.03. The summed E-state index contributed by atoms with van der Waals surface area (Å²) in [4.78, 5) is 14.4. The summed E-state index contributed by atoms with van der Waals surface area (Å²) in [7, 11) is 0. The van der Waals surface area contributed by atoms with Gasteiger partial charge in [-0.3, -0.25) is 4.57 Å². The number of nitriles is 1. The van der Waals surface area contributed by atoms with Crippen molar-refractivity contribution >= 4 is 5.97 Å². The summed E-state index contributed by atoms with van der Waals surface area (Å²) < 4.78 is 41.9. The van der Waals surface area contributed by atoms with E-state index in [1.807, 2.05) is 6.07 Å². The van der Waals surface area contributed by atoms with Gasteiger partial charge in [0.05, 0.1) is 18.2 Å². The van der Waals surface area contributed by atoms with Crippen LogP contribution in [0.25, 0.3) is 0 Å². The number of alkyl halides is 3. The van der Waals surface area contributed by atoms with Crippen LogP contribution in [0.2, 0.25) is 0 Å². The molecular formula is C13H8F3N3O2. The van der Waals surface area contributed by atoms with Crippen molar-refractivity contribution < 1.29 is 22.7 Å². The van der Waals surface area contributed by atoms with E-state index in [0.29, 0.717) is 5.56 Å². The molecule has 1 aromatic heterocycles. The Hall–Kier alpha value is -2.82. The second kappa shape index (κ2) is 5.66. The highest BCUT2D eigenvalue weighted by atomic mass is 19.4. The molecule has 0 radical (unpaired) electrons. The highest BCUT2D eigenvalue weighted by molar-refractivity contribution is 5.77. The molecule has 2 aromatic rings. The van der Waals surface area contributed by atoms with E-state index < -0.39 is 18.2 Å². The highest BCUT2D eigenvalue weighted by Gasteiger charge is 2.42. The predicted octanol–water partition coefficient (Wildman–Crippen LogP) is 2.27. The van der Waals surface area contributed by atoms with Gasteiger partial charge < -0.3 is 4.74 Å². The molecule has 108 valence electrons. The van der Waals surface area contributed by atoms with E-state index in [4.69, 9.17) is 5.26 Å². The zero-order valence-electron chi connectivity index (χ0n) is 10.5. The molecule has 0 aliphatic heterocycles. The molecule has 0 bridgehead atoms. The maximum absolute atomic E-state index is 12.1. The Labute approximate surface area is 117 Å². The van der Waals surface area contributed by atoms with Crippen molar-refractivity contribution in [2.24, 2.45) is 0 Å². The summed E-state index contributed by atoms with van der Waals surface area (Å²) >= 11 is 0. The number of nitrogens with zero attached hydrogens (tertiary/aromatic N) is 3. The average Bonchev–Trinajstić information content (AvgIpc) is 2.86. The Morgan fingerprint density at radius 2 is 2.00 bits per heavy atom. The van der Waals surface area contributed by atoms with Gasteiger partial charge in [0, 0.05) is 12.4 Å². The molecule has 0 unspecified atom stereocenters. The van der Waals surface area contributed by atoms with Crippen LogP contribution < -0.4 is 4.74 Å². The number of imidazole rings is 1. The van der Waals surface area contributed by atoms with Gasteiger partial charge in [0.15, 0.2) is 0 Å². The molecule has 1 aromatic carbocycles. The Morgan fingerprint density at radius 3 is 2.57 bits per heavy atom. The molecule has 8 heteroatoms. The van der Waals surface area contributed by atoms with Crippen molar-refractivity contribution in [3.8, 4) is 12.1 Å². The van der Waals surface area contributed by atoms with Crippen molar-refractivity contribution in [3.05, 3.63) is 47.8 Å². The molecule has 0 saturated heterocycles. The maximum atomic E-state index is 12.1. The van der Waals surface area contributed by atoms with Crippen molar-refractivity contribution in [1.29, 1.82) is 5.26 Å². The number of benzene rings is 1. The molecule has 0 N–H and O–H groups in total. The van der Waals surface area contributed by atoms with Gasteiger partial charge in [0.1, 0.15) is 0 Å². The van der Waals surface area contributed by atoms with Gasteiger partial charge in [-0.1, -0.05) is 12.1 Å². The predicted molar refractivity (Wildman–Crippen MR) is 64.2 cm³/mol. The van der Waals surface area contributed by atoms with E-state index in [1.165, 1.54) is 17.0 Å². The number of ether oxygens (including phenoxy) is 1. The molecule has 21 heavy (non-hydrogen) atoms. The van der Waals surface area contributed by atoms with Crippen LogP contribution in [0.4, 0.5) is 13.2 Å². The monoisotopic (exact) mass is 295 g/mol. The van der Waals surface area contributed by atoms with Crippen LogP contribution in [0.5, 0.6) is 6.01 Å². The average molecular weight is 295 g/mol. The van der Waals surface area contributed by atoms with Crippen LogP contribution in [-0.4, -0.2) is 21.7 Å². The summed E-state index contributed by atoms with van der Waals surface area (Å²) in [6.45, 7) is 0.159. The van der Waals surface area contributed by atoms with E-state index in [0.717, 1.165) is 5.56 Å². The Balaban J connectivity index is 2.13. The molecule has 1 heterocycles. The molecule has 5 nitrogen and oxygen atoms in total. The molecule has 0 aliphatic rings. The summed E-state index contributed by atoms with van der Waals surface area (Å²) in [6, 6.07) is 7.96. The first-order valence-corrected chi connectivity index (χ1v) is 5.69. The number of carbonyl (C=O) groups excluding carboxylic acids is 1. The molecule has 0 atom stereocenters. The summed E-state index contributed by atoms with van der Waals surface area (Å²) in [5.41, 5.74) is 1.18. The van der Waals surface area contributed by atoms with Crippen molar-refractivity contribution in [1.82, 2.24) is 9.55 Å². The quantitative estimate of drug-likeness (QED) is 0.815. The van der Waals surface area contributed by atoms with Gasteiger partial charge >= 0.3 is 18.2 Å². The highest BCUT2D eigenvalue weighted by Crippen LogP contribution is 2.19. The lowest BCUT2D eigenvalue weighted by Crippen LogP contribution is -2.29. The standard InChI is InChI=1S/C13H8F3N3O2/c14-13(15,16)11(20)21-12-18-5-6-19(12)8-10-3-1-9(7-17)2-4-10/h1-6H,8H2. The van der Waals surface area contributed by atoms with Crippen molar-refractivity contribution in [2.45, 2.75) is 12.7 Å². The van der Waals surface area contributed by atoms with Crippen molar-refractivity contribution in [2.75, 3.05) is 0 Å². The normalized spacial score (nSPS) is 11.0. The first-order chi connectivity index (χ1) is 9.90. The molecule has 0 spiro atoms. The Bertz CT molecular complexity index is 684. The van der Waals surface area contributed by atoms with Gasteiger partial charge in [-0.25, -0.2) is 9.78 Å². The van der Waals surface area contributed by atoms with Crippen LogP contribution >= 0.6 is 0 Å². The maximum Gasteiger partial charge on any atom is 0.491 e. The van der Waals surface area contributed by atoms with Gasteiger partial charge in [0.25, 0.3) is 0 Å². The van der Waals surface area contributed by atoms with Gasteiger partial charge in [-0.05, 0) is 17.7 Å². The lowest BCUT2D eigenvalue weighted by molar-refractivity contribution is -0.190.